The van der Waals surface area contributed by atoms with Crippen molar-refractivity contribution in [2.75, 3.05) is 0 Å². The van der Waals surface area contributed by atoms with Crippen LogP contribution in [0.25, 0.3) is 0 Å². The van der Waals surface area contributed by atoms with Gasteiger partial charge < -0.3 is 0 Å². The van der Waals surface area contributed by atoms with Gasteiger partial charge in [-0.3, -0.25) is 0 Å². The van der Waals surface area contributed by atoms with Crippen LogP contribution in [0.3, 0.4) is 0 Å². The monoisotopic (exact) mass is 456 g/mol. The molecule has 3 aromatic carbocycles. The molecule has 3 heterocycles. The molecule has 3 aromatic rings. The summed E-state index contributed by atoms with van der Waals surface area (Å²) in [5, 5.41) is 0. The molecule has 0 atom stereocenters. The van der Waals surface area contributed by atoms with Crippen LogP contribution in [-0.4, -0.2) is 0 Å². The van der Waals surface area contributed by atoms with Crippen LogP contribution in [0.5, 0.6) is 34.5 Å². The molecule has 0 spiro atoms. The molecule has 130 valence electrons. The molecule has 0 bridgehead atoms. The summed E-state index contributed by atoms with van der Waals surface area (Å²) in [6, 6.07) is 16.6. The van der Waals surface area contributed by atoms with Gasteiger partial charge in [-0.25, -0.2) is 0 Å². The molecule has 0 fully saturated rings. The molecular formula is C22H17IO3. The summed E-state index contributed by atoms with van der Waals surface area (Å²) in [4.78, 5) is 0. The maximum atomic E-state index is 6.49. The summed E-state index contributed by atoms with van der Waals surface area (Å²) < 4.78 is 22.8. The van der Waals surface area contributed by atoms with Crippen molar-refractivity contribution in [3.05, 3.63) is 64.8 Å². The second kappa shape index (κ2) is 4.74. The molecule has 4 heteroatoms. The van der Waals surface area contributed by atoms with Gasteiger partial charge >= 0.3 is 160 Å². The number of hydrogen-bond donors (Lipinski definition) is 0. The molecule has 3 aliphatic heterocycles. The Labute approximate surface area is 159 Å². The Morgan fingerprint density at radius 3 is 1.65 bits per heavy atom. The normalized spacial score (nSPS) is 16.2. The van der Waals surface area contributed by atoms with Crippen LogP contribution in [0.15, 0.2) is 48.5 Å². The Morgan fingerprint density at radius 1 is 0.615 bits per heavy atom. The van der Waals surface area contributed by atoms with Crippen molar-refractivity contribution in [3.63, 3.8) is 0 Å². The number of ether oxygens (including phenoxy) is 3. The van der Waals surface area contributed by atoms with Gasteiger partial charge in [-0.2, -0.15) is 0 Å². The molecular weight excluding hydrogens is 439 g/mol. The van der Waals surface area contributed by atoms with Gasteiger partial charge in [0, 0.05) is 0 Å². The average molecular weight is 456 g/mol. The molecule has 0 radical (unpaired) electrons. The zero-order valence-electron chi connectivity index (χ0n) is 14.7. The summed E-state index contributed by atoms with van der Waals surface area (Å²) in [7, 11) is 0. The van der Waals surface area contributed by atoms with Crippen LogP contribution in [0.4, 0.5) is 0 Å². The zero-order valence-corrected chi connectivity index (χ0v) is 16.9. The molecule has 3 nitrogen and oxygen atoms in total. The van der Waals surface area contributed by atoms with E-state index >= 15 is 0 Å². The fourth-order valence-electron chi connectivity index (χ4n) is 3.79. The topological polar surface area (TPSA) is 27.7 Å². The van der Waals surface area contributed by atoms with E-state index in [1.54, 1.807) is 0 Å². The molecule has 0 saturated carbocycles. The third kappa shape index (κ3) is 1.78. The molecule has 6 rings (SSSR count). The molecule has 0 saturated heterocycles. The van der Waals surface area contributed by atoms with Gasteiger partial charge in [0.1, 0.15) is 0 Å². The number of benzene rings is 3. The van der Waals surface area contributed by atoms with Gasteiger partial charge in [0.15, 0.2) is 0 Å². The van der Waals surface area contributed by atoms with Crippen molar-refractivity contribution < 1.29 is 14.2 Å². The van der Waals surface area contributed by atoms with Gasteiger partial charge in [-0.05, 0) is 0 Å². The van der Waals surface area contributed by atoms with Crippen molar-refractivity contribution >= 4 is 19.8 Å². The molecule has 0 aromatic heterocycles. The van der Waals surface area contributed by atoms with Gasteiger partial charge in [-0.1, -0.05) is 0 Å². The van der Waals surface area contributed by atoms with Gasteiger partial charge in [0.05, 0.1) is 0 Å². The summed E-state index contributed by atoms with van der Waals surface area (Å²) >= 11 is -1.93. The van der Waals surface area contributed by atoms with Crippen LogP contribution < -0.4 is 14.2 Å². The van der Waals surface area contributed by atoms with E-state index in [9.17, 15) is 0 Å². The Bertz CT molecular complexity index is 1080. The molecule has 0 aliphatic carbocycles. The fraction of sp³-hybridized carbons (Fsp3) is 0.182. The van der Waals surface area contributed by atoms with Gasteiger partial charge in [-0.15, -0.1) is 0 Å². The zero-order chi connectivity index (χ0) is 17.6. The van der Waals surface area contributed by atoms with E-state index in [-0.39, 0.29) is 5.41 Å². The first-order chi connectivity index (χ1) is 12.5. The van der Waals surface area contributed by atoms with Crippen molar-refractivity contribution in [1.29, 1.82) is 0 Å². The quantitative estimate of drug-likeness (QED) is 0.238. The third-order valence-corrected chi connectivity index (χ3v) is 11.3. The van der Waals surface area contributed by atoms with Crippen molar-refractivity contribution in [2.24, 2.45) is 0 Å². The summed E-state index contributed by atoms with van der Waals surface area (Å²) in [5.74, 6) is 5.73. The van der Waals surface area contributed by atoms with Crippen LogP contribution in [0.2, 0.25) is 0 Å². The fourth-order valence-corrected chi connectivity index (χ4v) is 10.4. The van der Waals surface area contributed by atoms with Gasteiger partial charge in [0.25, 0.3) is 0 Å². The Balaban J connectivity index is 1.75. The van der Waals surface area contributed by atoms with E-state index in [1.165, 1.54) is 16.3 Å². The van der Waals surface area contributed by atoms with Gasteiger partial charge in [0.2, 0.25) is 0 Å². The first-order valence-corrected chi connectivity index (χ1v) is 11.9. The van der Waals surface area contributed by atoms with Crippen molar-refractivity contribution in [3.8, 4) is 34.5 Å². The van der Waals surface area contributed by atoms with Crippen LogP contribution in [0, 0.1) is 10.7 Å². The van der Waals surface area contributed by atoms with E-state index in [0.717, 1.165) is 34.5 Å². The Kier molecular flexibility index (Phi) is 2.72. The molecule has 0 unspecified atom stereocenters. The predicted molar refractivity (Wildman–Crippen MR) is 108 cm³/mol. The van der Waals surface area contributed by atoms with Crippen molar-refractivity contribution in [2.45, 2.75) is 26.2 Å². The molecule has 0 N–H and O–H groups in total. The summed E-state index contributed by atoms with van der Waals surface area (Å²) in [6.07, 6.45) is 0. The maximum absolute atomic E-state index is 6.49. The predicted octanol–water partition coefficient (Wildman–Crippen LogP) is 6.72. The molecule has 0 amide bonds. The van der Waals surface area contributed by atoms with E-state index in [0.29, 0.717) is 0 Å². The second-order valence-electron chi connectivity index (χ2n) is 7.73. The third-order valence-electron chi connectivity index (χ3n) is 4.94. The Morgan fingerprint density at radius 2 is 1.12 bits per heavy atom. The standard InChI is InChI=1S/C22H17IO3/c1-22(2,3)12-10-11-17-20-21(12)26-16-9-5-8-15-19(16)23(20)18-13(24-15)6-4-7-14(18)25-17/h4-11H,1-3H3. The number of rotatable bonds is 0. The van der Waals surface area contributed by atoms with Crippen LogP contribution in [0.1, 0.15) is 26.3 Å². The van der Waals surface area contributed by atoms with Crippen LogP contribution in [-0.2, 0) is 5.41 Å². The summed E-state index contributed by atoms with van der Waals surface area (Å²) in [5.41, 5.74) is 1.24. The van der Waals surface area contributed by atoms with E-state index in [2.05, 4.69) is 57.2 Å². The van der Waals surface area contributed by atoms with Crippen LogP contribution >= 0.6 is 19.8 Å². The molecule has 3 aliphatic rings. The number of hydrogen-bond acceptors (Lipinski definition) is 3. The summed E-state index contributed by atoms with van der Waals surface area (Å²) in [6.45, 7) is 6.70. The number of halogens is 1. The Hall–Kier alpha value is -2.21. The molecule has 26 heavy (non-hydrogen) atoms. The average Bonchev–Trinajstić information content (AvgIpc) is 2.61. The second-order valence-corrected chi connectivity index (χ2v) is 12.6. The van der Waals surface area contributed by atoms with E-state index < -0.39 is 19.8 Å². The first kappa shape index (κ1) is 14.9. The minimum absolute atomic E-state index is 0.00169. The van der Waals surface area contributed by atoms with E-state index in [1.807, 2.05) is 12.1 Å². The minimum atomic E-state index is -1.93. The van der Waals surface area contributed by atoms with Crippen molar-refractivity contribution in [1.82, 2.24) is 0 Å². The first-order valence-electron chi connectivity index (χ1n) is 8.69. The van der Waals surface area contributed by atoms with E-state index in [4.69, 9.17) is 14.2 Å². The SMILES string of the molecule is CC(C)(C)c1ccc2c3c1Oc1cccc4c1I3c1c(cccc1O2)O4.